The first kappa shape index (κ1) is 13.2. The van der Waals surface area contributed by atoms with Gasteiger partial charge in [-0.1, -0.05) is 29.3 Å². The fourth-order valence-electron chi connectivity index (χ4n) is 1.95. The van der Waals surface area contributed by atoms with Crippen LogP contribution in [0.4, 0.5) is 0 Å². The number of imidazole rings is 1. The first-order chi connectivity index (χ1) is 9.69. The van der Waals surface area contributed by atoms with Crippen LogP contribution in [0, 0.1) is 0 Å². The third-order valence-corrected chi connectivity index (χ3v) is 3.44. The lowest BCUT2D eigenvalue weighted by Gasteiger charge is -2.02. The van der Waals surface area contributed by atoms with Crippen LogP contribution in [-0.4, -0.2) is 21.6 Å². The largest absolute Gasteiger partial charge is 0.478 e. The van der Waals surface area contributed by atoms with Gasteiger partial charge in [0, 0.05) is 6.07 Å². The summed E-state index contributed by atoms with van der Waals surface area (Å²) in [7, 11) is 0. The predicted molar refractivity (Wildman–Crippen MR) is 80.5 cm³/mol. The van der Waals surface area contributed by atoms with E-state index in [-0.39, 0.29) is 0 Å². The second-order valence-electron chi connectivity index (χ2n) is 4.14. The highest BCUT2D eigenvalue weighted by Gasteiger charge is 2.13. The highest BCUT2D eigenvalue weighted by atomic mass is 35.5. The molecule has 6 heteroatoms. The van der Waals surface area contributed by atoms with E-state index in [1.807, 2.05) is 13.0 Å². The van der Waals surface area contributed by atoms with E-state index in [1.54, 1.807) is 24.3 Å². The van der Waals surface area contributed by atoms with Crippen LogP contribution in [0.3, 0.4) is 0 Å². The van der Waals surface area contributed by atoms with E-state index in [1.165, 1.54) is 0 Å². The minimum absolute atomic E-state index is 0.543. The fraction of sp³-hybridized carbons (Fsp3) is 0.143. The Labute approximate surface area is 125 Å². The lowest BCUT2D eigenvalue weighted by atomic mass is 10.2. The molecular weight excluding hydrogens is 297 g/mol. The van der Waals surface area contributed by atoms with Crippen molar-refractivity contribution in [1.82, 2.24) is 15.0 Å². The average molecular weight is 308 g/mol. The summed E-state index contributed by atoms with van der Waals surface area (Å²) in [4.78, 5) is 11.9. The second kappa shape index (κ2) is 5.31. The quantitative estimate of drug-likeness (QED) is 0.783. The highest BCUT2D eigenvalue weighted by Crippen LogP contribution is 2.33. The van der Waals surface area contributed by atoms with Crippen molar-refractivity contribution in [3.8, 4) is 17.3 Å². The van der Waals surface area contributed by atoms with Gasteiger partial charge in [-0.15, -0.1) is 0 Å². The van der Waals surface area contributed by atoms with Crippen molar-refractivity contribution < 1.29 is 4.74 Å². The maximum atomic E-state index is 6.18. The molecule has 0 atom stereocenters. The summed E-state index contributed by atoms with van der Waals surface area (Å²) >= 11 is 12.4. The monoisotopic (exact) mass is 307 g/mol. The fourth-order valence-corrected chi connectivity index (χ4v) is 2.52. The summed E-state index contributed by atoms with van der Waals surface area (Å²) < 4.78 is 5.36. The molecule has 3 rings (SSSR count). The van der Waals surface area contributed by atoms with Crippen molar-refractivity contribution in [3.63, 3.8) is 0 Å². The Morgan fingerprint density at radius 3 is 2.55 bits per heavy atom. The number of hydrogen-bond acceptors (Lipinski definition) is 3. The Balaban J connectivity index is 2.13. The number of ether oxygens (including phenoxy) is 1. The van der Waals surface area contributed by atoms with Crippen LogP contribution in [-0.2, 0) is 0 Å². The Morgan fingerprint density at radius 2 is 1.85 bits per heavy atom. The molecule has 0 saturated heterocycles. The molecule has 0 aliphatic carbocycles. The molecule has 0 bridgehead atoms. The zero-order valence-electron chi connectivity index (χ0n) is 10.7. The van der Waals surface area contributed by atoms with E-state index in [0.29, 0.717) is 39.6 Å². The molecule has 1 aromatic carbocycles. The first-order valence-electron chi connectivity index (χ1n) is 6.13. The van der Waals surface area contributed by atoms with E-state index in [0.717, 1.165) is 5.52 Å². The molecule has 102 valence electrons. The lowest BCUT2D eigenvalue weighted by Crippen LogP contribution is -1.93. The topological polar surface area (TPSA) is 50.8 Å². The van der Waals surface area contributed by atoms with Gasteiger partial charge in [-0.25, -0.2) is 4.98 Å². The summed E-state index contributed by atoms with van der Waals surface area (Å²) in [6.07, 6.45) is 0. The zero-order chi connectivity index (χ0) is 14.1. The van der Waals surface area contributed by atoms with Gasteiger partial charge in [0.05, 0.1) is 27.7 Å². The molecule has 2 heterocycles. The van der Waals surface area contributed by atoms with Gasteiger partial charge in [0.25, 0.3) is 0 Å². The van der Waals surface area contributed by atoms with Crippen LogP contribution in [0.1, 0.15) is 6.92 Å². The SMILES string of the molecule is CCOc1ccc2[nH]c(-c3c(Cl)cccc3Cl)nc2n1. The second-order valence-corrected chi connectivity index (χ2v) is 4.95. The van der Waals surface area contributed by atoms with Gasteiger partial charge >= 0.3 is 0 Å². The molecule has 1 N–H and O–H groups in total. The maximum absolute atomic E-state index is 6.18. The van der Waals surface area contributed by atoms with Crippen molar-refractivity contribution in [3.05, 3.63) is 40.4 Å². The number of nitrogens with one attached hydrogen (secondary N) is 1. The maximum Gasteiger partial charge on any atom is 0.215 e. The number of pyridine rings is 1. The van der Waals surface area contributed by atoms with E-state index >= 15 is 0 Å². The normalized spacial score (nSPS) is 10.9. The number of aromatic amines is 1. The van der Waals surface area contributed by atoms with Gasteiger partial charge in [-0.05, 0) is 25.1 Å². The van der Waals surface area contributed by atoms with E-state index < -0.39 is 0 Å². The Hall–Kier alpha value is -1.78. The number of nitrogens with zero attached hydrogens (tertiary/aromatic N) is 2. The van der Waals surface area contributed by atoms with Crippen LogP contribution in [0.2, 0.25) is 10.0 Å². The minimum atomic E-state index is 0.543. The zero-order valence-corrected chi connectivity index (χ0v) is 12.2. The number of fused-ring (bicyclic) bond motifs is 1. The molecular formula is C14H11Cl2N3O. The van der Waals surface area contributed by atoms with Gasteiger partial charge in [-0.3, -0.25) is 0 Å². The molecule has 0 aliphatic heterocycles. The summed E-state index contributed by atoms with van der Waals surface area (Å²) in [5.74, 6) is 1.14. The molecule has 0 spiro atoms. The van der Waals surface area contributed by atoms with Crippen molar-refractivity contribution >= 4 is 34.4 Å². The van der Waals surface area contributed by atoms with Crippen molar-refractivity contribution in [1.29, 1.82) is 0 Å². The van der Waals surface area contributed by atoms with Crippen molar-refractivity contribution in [2.75, 3.05) is 6.61 Å². The van der Waals surface area contributed by atoms with E-state index in [2.05, 4.69) is 15.0 Å². The number of rotatable bonds is 3. The van der Waals surface area contributed by atoms with Crippen LogP contribution in [0.5, 0.6) is 5.88 Å². The Bertz CT molecular complexity index is 750. The Kier molecular flexibility index (Phi) is 3.51. The molecule has 20 heavy (non-hydrogen) atoms. The van der Waals surface area contributed by atoms with Gasteiger partial charge < -0.3 is 9.72 Å². The molecule has 0 fully saturated rings. The van der Waals surface area contributed by atoms with E-state index in [9.17, 15) is 0 Å². The third-order valence-electron chi connectivity index (χ3n) is 2.81. The number of aromatic nitrogens is 3. The number of hydrogen-bond donors (Lipinski definition) is 1. The Morgan fingerprint density at radius 1 is 1.10 bits per heavy atom. The minimum Gasteiger partial charge on any atom is -0.478 e. The summed E-state index contributed by atoms with van der Waals surface area (Å²) in [6, 6.07) is 9.00. The highest BCUT2D eigenvalue weighted by molar-refractivity contribution is 6.39. The molecule has 0 saturated carbocycles. The predicted octanol–water partition coefficient (Wildman–Crippen LogP) is 4.33. The van der Waals surface area contributed by atoms with Crippen molar-refractivity contribution in [2.45, 2.75) is 6.92 Å². The van der Waals surface area contributed by atoms with Gasteiger partial charge in [0.2, 0.25) is 5.88 Å². The van der Waals surface area contributed by atoms with Crippen LogP contribution >= 0.6 is 23.2 Å². The first-order valence-corrected chi connectivity index (χ1v) is 6.88. The summed E-state index contributed by atoms with van der Waals surface area (Å²) in [6.45, 7) is 2.47. The molecule has 4 nitrogen and oxygen atoms in total. The lowest BCUT2D eigenvalue weighted by molar-refractivity contribution is 0.328. The van der Waals surface area contributed by atoms with Gasteiger partial charge in [0.1, 0.15) is 5.82 Å². The average Bonchev–Trinajstić information content (AvgIpc) is 2.81. The number of benzene rings is 1. The molecule has 0 aliphatic rings. The molecule has 2 aromatic heterocycles. The summed E-state index contributed by atoms with van der Waals surface area (Å²) in [5.41, 5.74) is 2.05. The van der Waals surface area contributed by atoms with Gasteiger partial charge in [-0.2, -0.15) is 4.98 Å². The van der Waals surface area contributed by atoms with Crippen LogP contribution in [0.25, 0.3) is 22.6 Å². The van der Waals surface area contributed by atoms with Gasteiger partial charge in [0.15, 0.2) is 5.65 Å². The summed E-state index contributed by atoms with van der Waals surface area (Å²) in [5, 5.41) is 1.09. The number of H-pyrrole nitrogens is 1. The number of halogens is 2. The smallest absolute Gasteiger partial charge is 0.215 e. The molecule has 3 aromatic rings. The van der Waals surface area contributed by atoms with E-state index in [4.69, 9.17) is 27.9 Å². The molecule has 0 radical (unpaired) electrons. The molecule has 0 unspecified atom stereocenters. The van der Waals surface area contributed by atoms with Crippen LogP contribution < -0.4 is 4.74 Å². The van der Waals surface area contributed by atoms with Crippen LogP contribution in [0.15, 0.2) is 30.3 Å². The standard InChI is InChI=1S/C14H11Cl2N3O/c1-2-20-11-7-6-10-13(18-11)19-14(17-10)12-8(15)4-3-5-9(12)16/h3-7H,2H2,1H3,(H,17,18,19). The van der Waals surface area contributed by atoms with Crippen molar-refractivity contribution in [2.24, 2.45) is 0 Å². The molecule has 0 amide bonds. The third kappa shape index (κ3) is 2.32.